The van der Waals surface area contributed by atoms with E-state index >= 15 is 0 Å². The number of anilines is 1. The first kappa shape index (κ1) is 25.5. The van der Waals surface area contributed by atoms with Gasteiger partial charge in [-0.25, -0.2) is 0 Å². The molecule has 5 nitrogen and oxygen atoms in total. The summed E-state index contributed by atoms with van der Waals surface area (Å²) in [6.45, 7) is 5.66. The Morgan fingerprint density at radius 1 is 0.917 bits per heavy atom. The smallest absolute Gasteiger partial charge is 0.255 e. The van der Waals surface area contributed by atoms with Crippen LogP contribution in [0.3, 0.4) is 0 Å². The van der Waals surface area contributed by atoms with Gasteiger partial charge in [-0.3, -0.25) is 9.59 Å². The molecule has 5 heteroatoms. The van der Waals surface area contributed by atoms with Crippen LogP contribution in [0.2, 0.25) is 0 Å². The maximum absolute atomic E-state index is 13.5. The monoisotopic (exact) mass is 484 g/mol. The van der Waals surface area contributed by atoms with E-state index in [1.165, 1.54) is 5.56 Å². The number of nitrogens with zero attached hydrogens (tertiary/aromatic N) is 1. The van der Waals surface area contributed by atoms with E-state index in [-0.39, 0.29) is 17.6 Å². The Labute approximate surface area is 214 Å². The van der Waals surface area contributed by atoms with E-state index in [1.54, 1.807) is 12.1 Å². The number of aryl methyl sites for hydroxylation is 1. The number of benzene rings is 3. The van der Waals surface area contributed by atoms with Gasteiger partial charge in [0.2, 0.25) is 0 Å². The van der Waals surface area contributed by atoms with Gasteiger partial charge in [0.05, 0.1) is 18.2 Å². The summed E-state index contributed by atoms with van der Waals surface area (Å²) >= 11 is 0. The summed E-state index contributed by atoms with van der Waals surface area (Å²) < 4.78 is 5.99. The Hall–Kier alpha value is -3.60. The van der Waals surface area contributed by atoms with Crippen LogP contribution in [-0.2, 0) is 17.8 Å². The number of rotatable bonds is 10. The summed E-state index contributed by atoms with van der Waals surface area (Å²) in [5.41, 5.74) is 3.89. The molecule has 0 radical (unpaired) electrons. The topological polar surface area (TPSA) is 58.6 Å². The van der Waals surface area contributed by atoms with Crippen molar-refractivity contribution in [3.63, 3.8) is 0 Å². The highest BCUT2D eigenvalue weighted by Gasteiger charge is 2.26. The average molecular weight is 485 g/mol. The molecule has 1 atom stereocenters. The van der Waals surface area contributed by atoms with Gasteiger partial charge in [-0.1, -0.05) is 74.5 Å². The number of ether oxygens (including phenoxy) is 1. The minimum Gasteiger partial charge on any atom is -0.488 e. The Morgan fingerprint density at radius 2 is 1.64 bits per heavy atom. The van der Waals surface area contributed by atoms with Gasteiger partial charge >= 0.3 is 0 Å². The van der Waals surface area contributed by atoms with E-state index in [0.717, 1.165) is 37.1 Å². The molecule has 0 bridgehead atoms. The lowest BCUT2D eigenvalue weighted by Gasteiger charge is -2.27. The second-order valence-electron chi connectivity index (χ2n) is 9.90. The molecule has 0 saturated carbocycles. The van der Waals surface area contributed by atoms with Crippen molar-refractivity contribution in [2.24, 2.45) is 5.92 Å². The maximum atomic E-state index is 13.5. The van der Waals surface area contributed by atoms with Gasteiger partial charge in [0.1, 0.15) is 12.4 Å². The van der Waals surface area contributed by atoms with Crippen LogP contribution in [0.1, 0.15) is 54.6 Å². The number of carbonyl (C=O) groups is 2. The van der Waals surface area contributed by atoms with Crippen molar-refractivity contribution in [3.05, 3.63) is 95.6 Å². The molecule has 1 aliphatic rings. The Morgan fingerprint density at radius 3 is 2.44 bits per heavy atom. The third-order valence-electron chi connectivity index (χ3n) is 6.57. The summed E-state index contributed by atoms with van der Waals surface area (Å²) in [6, 6.07) is 24.8. The number of carbonyl (C=O) groups excluding carboxylic acids is 2. The molecule has 0 aromatic heterocycles. The largest absolute Gasteiger partial charge is 0.488 e. The summed E-state index contributed by atoms with van der Waals surface area (Å²) in [5.74, 6) is 0.529. The second kappa shape index (κ2) is 12.4. The molecule has 0 saturated heterocycles. The van der Waals surface area contributed by atoms with Crippen LogP contribution in [0.25, 0.3) is 0 Å². The lowest BCUT2D eigenvalue weighted by Crippen LogP contribution is -2.46. The van der Waals surface area contributed by atoms with Gasteiger partial charge in [-0.2, -0.15) is 0 Å². The first-order chi connectivity index (χ1) is 17.5. The Balaban J connectivity index is 1.47. The fourth-order valence-electron chi connectivity index (χ4n) is 4.73. The molecule has 1 N–H and O–H groups in total. The molecular weight excluding hydrogens is 448 g/mol. The van der Waals surface area contributed by atoms with Crippen molar-refractivity contribution in [1.82, 2.24) is 5.32 Å². The van der Waals surface area contributed by atoms with Crippen molar-refractivity contribution in [2.45, 2.75) is 52.2 Å². The number of ketones is 1. The summed E-state index contributed by atoms with van der Waals surface area (Å²) in [4.78, 5) is 29.1. The minimum absolute atomic E-state index is 0.0384. The zero-order chi connectivity index (χ0) is 25.3. The predicted octanol–water partition coefficient (Wildman–Crippen LogP) is 5.82. The molecule has 188 valence electrons. The lowest BCUT2D eigenvalue weighted by atomic mass is 9.99. The summed E-state index contributed by atoms with van der Waals surface area (Å²) in [6.07, 6.45) is 3.79. The Kier molecular flexibility index (Phi) is 8.77. The average Bonchev–Trinajstić information content (AvgIpc) is 3.10. The fraction of sp³-hybridized carbons (Fsp3) is 0.355. The molecule has 36 heavy (non-hydrogen) atoms. The van der Waals surface area contributed by atoms with Crippen LogP contribution in [0.15, 0.2) is 78.9 Å². The SMILES string of the molecule is CC(C)C[C@H](NC(=O)c1ccccc1OCc1ccccc1)C(=O)CN1CCCCc2ccccc21. The van der Waals surface area contributed by atoms with E-state index in [2.05, 4.69) is 42.3 Å². The quantitative estimate of drug-likeness (QED) is 0.394. The van der Waals surface area contributed by atoms with Crippen molar-refractivity contribution >= 4 is 17.4 Å². The number of hydrogen-bond acceptors (Lipinski definition) is 4. The predicted molar refractivity (Wildman–Crippen MR) is 145 cm³/mol. The van der Waals surface area contributed by atoms with Gasteiger partial charge in [-0.15, -0.1) is 0 Å². The van der Waals surface area contributed by atoms with Crippen molar-refractivity contribution in [1.29, 1.82) is 0 Å². The molecular formula is C31H36N2O3. The van der Waals surface area contributed by atoms with E-state index in [4.69, 9.17) is 4.74 Å². The molecule has 1 heterocycles. The number of nitrogens with one attached hydrogen (secondary N) is 1. The van der Waals surface area contributed by atoms with E-state index in [1.807, 2.05) is 48.5 Å². The number of hydrogen-bond donors (Lipinski definition) is 1. The van der Waals surface area contributed by atoms with Gasteiger partial charge in [0.25, 0.3) is 5.91 Å². The first-order valence-corrected chi connectivity index (χ1v) is 12.9. The van der Waals surface area contributed by atoms with Crippen LogP contribution >= 0.6 is 0 Å². The molecule has 1 aliphatic heterocycles. The minimum atomic E-state index is -0.560. The van der Waals surface area contributed by atoms with E-state index in [0.29, 0.717) is 30.9 Å². The fourth-order valence-corrected chi connectivity index (χ4v) is 4.73. The standard InChI is InChI=1S/C31H36N2O3/c1-23(2)20-27(29(34)21-33-19-11-10-15-25-14-6-8-17-28(25)33)32-31(35)26-16-7-9-18-30(26)36-22-24-12-4-3-5-13-24/h3-9,12-14,16-18,23,27H,10-11,15,19-22H2,1-2H3,(H,32,35)/t27-/m0/s1. The molecule has 0 fully saturated rings. The third-order valence-corrected chi connectivity index (χ3v) is 6.57. The highest BCUT2D eigenvalue weighted by Crippen LogP contribution is 2.26. The normalized spacial score (nSPS) is 14.0. The lowest BCUT2D eigenvalue weighted by molar-refractivity contribution is -0.120. The van der Waals surface area contributed by atoms with Gasteiger partial charge in [-0.05, 0) is 60.9 Å². The summed E-state index contributed by atoms with van der Waals surface area (Å²) in [7, 11) is 0. The van der Waals surface area contributed by atoms with Crippen LogP contribution < -0.4 is 15.0 Å². The number of fused-ring (bicyclic) bond motifs is 1. The van der Waals surface area contributed by atoms with Crippen LogP contribution in [0.4, 0.5) is 5.69 Å². The molecule has 0 spiro atoms. The first-order valence-electron chi connectivity index (χ1n) is 12.9. The molecule has 1 amide bonds. The van der Waals surface area contributed by atoms with Gasteiger partial charge in [0.15, 0.2) is 5.78 Å². The van der Waals surface area contributed by atoms with Crippen LogP contribution in [0, 0.1) is 5.92 Å². The molecule has 0 unspecified atom stereocenters. The number of Topliss-reactive ketones (excluding diaryl/α,β-unsaturated/α-hetero) is 1. The molecule has 0 aliphatic carbocycles. The number of amides is 1. The van der Waals surface area contributed by atoms with Gasteiger partial charge < -0.3 is 15.0 Å². The maximum Gasteiger partial charge on any atom is 0.255 e. The molecule has 4 rings (SSSR count). The van der Waals surface area contributed by atoms with Crippen LogP contribution in [0.5, 0.6) is 5.75 Å². The van der Waals surface area contributed by atoms with E-state index in [9.17, 15) is 9.59 Å². The van der Waals surface area contributed by atoms with Crippen molar-refractivity contribution < 1.29 is 14.3 Å². The Bertz CT molecular complexity index is 1160. The highest BCUT2D eigenvalue weighted by molar-refractivity contribution is 6.00. The number of para-hydroxylation sites is 2. The zero-order valence-electron chi connectivity index (χ0n) is 21.3. The van der Waals surface area contributed by atoms with Gasteiger partial charge in [0, 0.05) is 12.2 Å². The third kappa shape index (κ3) is 6.75. The van der Waals surface area contributed by atoms with Crippen molar-refractivity contribution in [2.75, 3.05) is 18.0 Å². The zero-order valence-corrected chi connectivity index (χ0v) is 21.3. The highest BCUT2D eigenvalue weighted by atomic mass is 16.5. The van der Waals surface area contributed by atoms with Crippen molar-refractivity contribution in [3.8, 4) is 5.75 Å². The molecule has 3 aromatic rings. The summed E-state index contributed by atoms with van der Waals surface area (Å²) in [5, 5.41) is 3.04. The van der Waals surface area contributed by atoms with E-state index < -0.39 is 6.04 Å². The second-order valence-corrected chi connectivity index (χ2v) is 9.90. The van der Waals surface area contributed by atoms with Crippen LogP contribution in [-0.4, -0.2) is 30.8 Å². The molecule has 3 aromatic carbocycles.